The minimum atomic E-state index is -3.45. The number of hydrogen-bond donors (Lipinski definition) is 0. The van der Waals surface area contributed by atoms with Gasteiger partial charge in [-0.3, -0.25) is 0 Å². The van der Waals surface area contributed by atoms with E-state index in [1.54, 1.807) is 0 Å². The summed E-state index contributed by atoms with van der Waals surface area (Å²) < 4.78 is 73.4. The molecule has 35 heavy (non-hydrogen) atoms. The van der Waals surface area contributed by atoms with Gasteiger partial charge in [0.05, 0.1) is 0 Å². The molecule has 0 spiro atoms. The van der Waals surface area contributed by atoms with Crippen LogP contribution in [0.2, 0.25) is 4.44 Å². The maximum absolute atomic E-state index is 14.6. The van der Waals surface area contributed by atoms with E-state index in [1.807, 2.05) is 91.0 Å². The van der Waals surface area contributed by atoms with Crippen molar-refractivity contribution >= 4 is 18.4 Å². The molecule has 0 aliphatic heterocycles. The predicted molar refractivity (Wildman–Crippen MR) is 131 cm³/mol. The van der Waals surface area contributed by atoms with Crippen molar-refractivity contribution in [3.05, 3.63) is 142 Å². The van der Waals surface area contributed by atoms with Crippen molar-refractivity contribution in [1.82, 2.24) is 0 Å². The Morgan fingerprint density at radius 2 is 0.743 bits per heavy atom. The van der Waals surface area contributed by atoms with Crippen molar-refractivity contribution in [3.63, 3.8) is 0 Å². The first-order valence-corrected chi connectivity index (χ1v) is 19.6. The molecule has 0 amide bonds. The first kappa shape index (κ1) is 25.4. The van der Waals surface area contributed by atoms with Gasteiger partial charge in [0.15, 0.2) is 0 Å². The molecule has 0 N–H and O–H groups in total. The first-order valence-electron chi connectivity index (χ1n) is 11.5. The molecule has 4 rings (SSSR count). The Morgan fingerprint density at radius 3 is 1.09 bits per heavy atom. The van der Waals surface area contributed by atoms with Gasteiger partial charge in [0.1, 0.15) is 0 Å². The van der Waals surface area contributed by atoms with Crippen molar-refractivity contribution in [2.45, 2.75) is 24.2 Å². The molecule has 0 saturated carbocycles. The van der Waals surface area contributed by atoms with Gasteiger partial charge in [-0.1, -0.05) is 0 Å². The first-order chi connectivity index (χ1) is 16.9. The zero-order valence-corrected chi connectivity index (χ0v) is 21.9. The average Bonchev–Trinajstić information content (AvgIpc) is 2.88. The second-order valence-electron chi connectivity index (χ2n) is 9.04. The Labute approximate surface area is 206 Å². The standard InChI is InChI=1S/C8H4F5.3C7H7.Sn/c1-2-3-4(9)6(11)8(13)7(12)5(3)10;3*1-7-5-3-2-4-6-7;/h1-2H2;3*2-6H,1H2;. The van der Waals surface area contributed by atoms with Gasteiger partial charge in [0.25, 0.3) is 0 Å². The third-order valence-electron chi connectivity index (χ3n) is 6.47. The van der Waals surface area contributed by atoms with E-state index in [0.717, 1.165) is 30.0 Å². The van der Waals surface area contributed by atoms with Gasteiger partial charge >= 0.3 is 207 Å². The number of halogens is 5. The Hall–Kier alpha value is -2.67. The predicted octanol–water partition coefficient (Wildman–Crippen LogP) is 7.72. The van der Waals surface area contributed by atoms with E-state index in [-0.39, 0.29) is 6.42 Å². The summed E-state index contributed by atoms with van der Waals surface area (Å²) in [4.78, 5) is 0. The van der Waals surface area contributed by atoms with Gasteiger partial charge in [-0.05, 0) is 0 Å². The summed E-state index contributed by atoms with van der Waals surface area (Å²) in [5.74, 6) is -9.32. The molecule has 0 bridgehead atoms. The zero-order chi connectivity index (χ0) is 24.8. The van der Waals surface area contributed by atoms with Crippen molar-refractivity contribution in [3.8, 4) is 0 Å². The normalized spacial score (nSPS) is 11.6. The molecule has 0 heterocycles. The molecular formula is C29H25F5Sn. The van der Waals surface area contributed by atoms with Gasteiger partial charge in [-0.15, -0.1) is 0 Å². The van der Waals surface area contributed by atoms with Crippen LogP contribution in [0.5, 0.6) is 0 Å². The fourth-order valence-electron chi connectivity index (χ4n) is 4.80. The second-order valence-corrected chi connectivity index (χ2v) is 22.1. The van der Waals surface area contributed by atoms with Gasteiger partial charge in [0, 0.05) is 0 Å². The van der Waals surface area contributed by atoms with Crippen molar-refractivity contribution < 1.29 is 22.0 Å². The average molecular weight is 587 g/mol. The van der Waals surface area contributed by atoms with Crippen molar-refractivity contribution in [2.24, 2.45) is 0 Å². The summed E-state index contributed by atoms with van der Waals surface area (Å²) in [6.07, 6.45) is -0.186. The fourth-order valence-corrected chi connectivity index (χ4v) is 19.0. The summed E-state index contributed by atoms with van der Waals surface area (Å²) in [5, 5.41) is 0. The van der Waals surface area contributed by atoms with E-state index in [0.29, 0.717) is 4.44 Å². The fraction of sp³-hybridized carbons (Fsp3) is 0.172. The van der Waals surface area contributed by atoms with Gasteiger partial charge in [-0.2, -0.15) is 0 Å². The van der Waals surface area contributed by atoms with Crippen LogP contribution in [0.1, 0.15) is 22.3 Å². The SMILES string of the molecule is Fc1c(F)c(F)c(C[CH2][Sn]([CH2]c2ccccc2)([CH2]c2ccccc2)[CH2]c2ccccc2)c(F)c1F. The molecule has 4 aromatic carbocycles. The van der Waals surface area contributed by atoms with Crippen LogP contribution in [0.15, 0.2) is 91.0 Å². The van der Waals surface area contributed by atoms with Crippen LogP contribution < -0.4 is 0 Å². The summed E-state index contributed by atoms with van der Waals surface area (Å²) in [6.45, 7) is 0. The maximum atomic E-state index is 14.6. The molecule has 180 valence electrons. The Morgan fingerprint density at radius 1 is 0.429 bits per heavy atom. The molecule has 0 nitrogen and oxygen atoms in total. The zero-order valence-electron chi connectivity index (χ0n) is 19.1. The van der Waals surface area contributed by atoms with E-state index in [4.69, 9.17) is 0 Å². The topological polar surface area (TPSA) is 0 Å². The van der Waals surface area contributed by atoms with E-state index in [1.165, 1.54) is 0 Å². The number of benzene rings is 4. The van der Waals surface area contributed by atoms with E-state index >= 15 is 0 Å². The molecule has 6 heteroatoms. The van der Waals surface area contributed by atoms with Crippen molar-refractivity contribution in [2.75, 3.05) is 0 Å². The molecule has 0 unspecified atom stereocenters. The van der Waals surface area contributed by atoms with E-state index in [9.17, 15) is 22.0 Å². The summed E-state index contributed by atoms with van der Waals surface area (Å²) in [6, 6.07) is 29.8. The Balaban J connectivity index is 1.77. The molecule has 0 radical (unpaired) electrons. The summed E-state index contributed by atoms with van der Waals surface area (Å²) >= 11 is -3.45. The van der Waals surface area contributed by atoms with Crippen molar-refractivity contribution in [1.29, 1.82) is 0 Å². The van der Waals surface area contributed by atoms with Gasteiger partial charge < -0.3 is 0 Å². The van der Waals surface area contributed by atoms with Crippen LogP contribution in [0, 0.1) is 29.1 Å². The Bertz CT molecular complexity index is 1130. The van der Waals surface area contributed by atoms with E-state index < -0.39 is 53.0 Å². The molecule has 0 atom stereocenters. The minimum absolute atomic E-state index is 0.186. The molecule has 0 saturated heterocycles. The molecule has 0 aromatic heterocycles. The molecule has 0 fully saturated rings. The second kappa shape index (κ2) is 11.4. The van der Waals surface area contributed by atoms with Crippen LogP contribution in [0.4, 0.5) is 22.0 Å². The number of hydrogen-bond acceptors (Lipinski definition) is 0. The van der Waals surface area contributed by atoms with E-state index in [2.05, 4.69) is 0 Å². The third-order valence-corrected chi connectivity index (χ3v) is 20.1. The van der Waals surface area contributed by atoms with Crippen LogP contribution in [-0.2, 0) is 19.7 Å². The number of rotatable bonds is 9. The van der Waals surface area contributed by atoms with Gasteiger partial charge in [-0.25, -0.2) is 0 Å². The van der Waals surface area contributed by atoms with Crippen LogP contribution in [0.25, 0.3) is 0 Å². The summed E-state index contributed by atoms with van der Waals surface area (Å²) in [7, 11) is 0. The summed E-state index contributed by atoms with van der Waals surface area (Å²) in [5.41, 5.74) is 2.68. The molecule has 4 aromatic rings. The Kier molecular flexibility index (Phi) is 8.26. The van der Waals surface area contributed by atoms with Crippen LogP contribution in [-0.4, -0.2) is 18.4 Å². The quantitative estimate of drug-likeness (QED) is 0.0815. The van der Waals surface area contributed by atoms with Crippen LogP contribution in [0.3, 0.4) is 0 Å². The monoisotopic (exact) mass is 588 g/mol. The molecular weight excluding hydrogens is 562 g/mol. The third kappa shape index (κ3) is 6.13. The van der Waals surface area contributed by atoms with Crippen LogP contribution >= 0.6 is 0 Å². The molecule has 0 aliphatic carbocycles. The van der Waals surface area contributed by atoms with Gasteiger partial charge in [0.2, 0.25) is 0 Å². The molecule has 0 aliphatic rings.